The summed E-state index contributed by atoms with van der Waals surface area (Å²) >= 11 is 0. The molecule has 0 aromatic heterocycles. The van der Waals surface area contributed by atoms with E-state index < -0.39 is 0 Å². The number of nitrogens with zero attached hydrogens (tertiary/aromatic N) is 2. The Morgan fingerprint density at radius 2 is 2.08 bits per heavy atom. The molecule has 0 aliphatic carbocycles. The van der Waals surface area contributed by atoms with E-state index in [1.54, 1.807) is 6.07 Å². The van der Waals surface area contributed by atoms with Crippen LogP contribution in [0.4, 0.5) is 15.8 Å². The van der Waals surface area contributed by atoms with Crippen LogP contribution in [-0.2, 0) is 6.54 Å². The zero-order valence-electron chi connectivity index (χ0n) is 7.71. The molecule has 0 saturated carbocycles. The molecule has 13 heavy (non-hydrogen) atoms. The maximum absolute atomic E-state index is 13.5. The number of rotatable bonds is 0. The van der Waals surface area contributed by atoms with E-state index in [1.807, 2.05) is 30.2 Å². The summed E-state index contributed by atoms with van der Waals surface area (Å²) in [4.78, 5) is 0. The topological polar surface area (TPSA) is 32.5 Å². The third-order valence-electron chi connectivity index (χ3n) is 2.50. The molecule has 2 rings (SSSR count). The summed E-state index contributed by atoms with van der Waals surface area (Å²) in [5.74, 6) is -0.284. The summed E-state index contributed by atoms with van der Waals surface area (Å²) in [5.41, 5.74) is 7.28. The third kappa shape index (κ3) is 1.06. The zero-order chi connectivity index (χ0) is 9.59. The first-order valence-electron chi connectivity index (χ1n) is 4.13. The average Bonchev–Trinajstić information content (AvgIpc) is 2.38. The van der Waals surface area contributed by atoms with Gasteiger partial charge < -0.3 is 10.7 Å². The van der Waals surface area contributed by atoms with Crippen molar-refractivity contribution in [2.24, 2.45) is 0 Å². The number of halogens is 1. The quantitative estimate of drug-likeness (QED) is 0.610. The highest BCUT2D eigenvalue weighted by atomic mass is 19.1. The van der Waals surface area contributed by atoms with E-state index in [4.69, 9.17) is 5.73 Å². The molecule has 1 aromatic rings. The first-order valence-corrected chi connectivity index (χ1v) is 4.13. The molecule has 0 bridgehead atoms. The van der Waals surface area contributed by atoms with Crippen LogP contribution in [-0.4, -0.2) is 19.1 Å². The van der Waals surface area contributed by atoms with Crippen LogP contribution in [0.5, 0.6) is 0 Å². The Hall–Kier alpha value is -1.29. The van der Waals surface area contributed by atoms with Gasteiger partial charge in [-0.15, -0.1) is 0 Å². The number of hydrazine groups is 1. The summed E-state index contributed by atoms with van der Waals surface area (Å²) < 4.78 is 13.5. The van der Waals surface area contributed by atoms with Crippen LogP contribution in [0.25, 0.3) is 0 Å². The normalized spacial score (nSPS) is 16.4. The van der Waals surface area contributed by atoms with Gasteiger partial charge in [0, 0.05) is 26.2 Å². The average molecular weight is 181 g/mol. The van der Waals surface area contributed by atoms with Gasteiger partial charge in [0.1, 0.15) is 0 Å². The predicted molar refractivity (Wildman–Crippen MR) is 50.7 cm³/mol. The van der Waals surface area contributed by atoms with Crippen molar-refractivity contribution in [2.75, 3.05) is 24.8 Å². The van der Waals surface area contributed by atoms with Crippen LogP contribution >= 0.6 is 0 Å². The molecule has 0 saturated heterocycles. The van der Waals surface area contributed by atoms with Gasteiger partial charge in [-0.2, -0.15) is 0 Å². The van der Waals surface area contributed by atoms with Gasteiger partial charge in [-0.25, -0.2) is 9.40 Å². The summed E-state index contributed by atoms with van der Waals surface area (Å²) in [6.45, 7) is 0.586. The minimum absolute atomic E-state index is 0.224. The number of anilines is 2. The van der Waals surface area contributed by atoms with Crippen LogP contribution in [0.1, 0.15) is 5.56 Å². The molecule has 1 aliphatic heterocycles. The third-order valence-corrected chi connectivity index (χ3v) is 2.50. The molecule has 1 aliphatic rings. The smallest absolute Gasteiger partial charge is 0.152 e. The van der Waals surface area contributed by atoms with E-state index in [-0.39, 0.29) is 11.5 Å². The number of hydrogen-bond donors (Lipinski definition) is 1. The Bertz CT molecular complexity index is 351. The number of nitrogen functional groups attached to an aromatic ring is 1. The number of fused-ring (bicyclic) bond motifs is 1. The molecule has 3 nitrogen and oxygen atoms in total. The first kappa shape index (κ1) is 8.31. The van der Waals surface area contributed by atoms with Crippen LogP contribution in [0.2, 0.25) is 0 Å². The SMILES string of the molecule is CN1Cc2c(ccc(N)c2F)N1C. The van der Waals surface area contributed by atoms with Crippen LogP contribution in [0.3, 0.4) is 0 Å². The lowest BCUT2D eigenvalue weighted by Crippen LogP contribution is -2.29. The lowest BCUT2D eigenvalue weighted by atomic mass is 10.1. The van der Waals surface area contributed by atoms with Crippen molar-refractivity contribution in [2.45, 2.75) is 6.54 Å². The summed E-state index contributed by atoms with van der Waals surface area (Å²) in [7, 11) is 3.82. The van der Waals surface area contributed by atoms with Gasteiger partial charge in [-0.1, -0.05) is 0 Å². The molecule has 2 N–H and O–H groups in total. The zero-order valence-corrected chi connectivity index (χ0v) is 7.71. The second-order valence-electron chi connectivity index (χ2n) is 3.31. The van der Waals surface area contributed by atoms with Gasteiger partial charge in [-0.3, -0.25) is 0 Å². The standard InChI is InChI=1S/C9H12FN3/c1-12-5-6-8(13(12)2)4-3-7(11)9(6)10/h3-4H,5,11H2,1-2H3. The maximum Gasteiger partial charge on any atom is 0.152 e. The number of nitrogens with two attached hydrogens (primary N) is 1. The molecule has 0 amide bonds. The van der Waals surface area contributed by atoms with Gasteiger partial charge in [0.25, 0.3) is 0 Å². The molecule has 1 aromatic carbocycles. The van der Waals surface area contributed by atoms with Gasteiger partial charge in [0.15, 0.2) is 5.82 Å². The van der Waals surface area contributed by atoms with Gasteiger partial charge in [-0.05, 0) is 12.1 Å². The van der Waals surface area contributed by atoms with Gasteiger partial charge in [0.05, 0.1) is 11.4 Å². The Morgan fingerprint density at radius 3 is 2.77 bits per heavy atom. The van der Waals surface area contributed by atoms with E-state index >= 15 is 0 Å². The van der Waals surface area contributed by atoms with Crippen molar-refractivity contribution >= 4 is 11.4 Å². The first-order chi connectivity index (χ1) is 6.11. The predicted octanol–water partition coefficient (Wildman–Crippen LogP) is 1.20. The van der Waals surface area contributed by atoms with Crippen molar-refractivity contribution < 1.29 is 4.39 Å². The van der Waals surface area contributed by atoms with Crippen molar-refractivity contribution in [3.8, 4) is 0 Å². The molecule has 70 valence electrons. The lowest BCUT2D eigenvalue weighted by Gasteiger charge is -2.21. The molecule has 0 fully saturated rings. The molecular formula is C9H12FN3. The van der Waals surface area contributed by atoms with Gasteiger partial charge in [0.2, 0.25) is 0 Å². The van der Waals surface area contributed by atoms with Crippen molar-refractivity contribution in [3.05, 3.63) is 23.5 Å². The highest BCUT2D eigenvalue weighted by molar-refractivity contribution is 5.62. The Balaban J connectivity index is 2.57. The highest BCUT2D eigenvalue weighted by Crippen LogP contribution is 2.33. The summed E-state index contributed by atoms with van der Waals surface area (Å²) in [6.07, 6.45) is 0. The van der Waals surface area contributed by atoms with E-state index in [2.05, 4.69) is 0 Å². The monoisotopic (exact) mass is 181 g/mol. The highest BCUT2D eigenvalue weighted by Gasteiger charge is 2.24. The van der Waals surface area contributed by atoms with Crippen molar-refractivity contribution in [3.63, 3.8) is 0 Å². The van der Waals surface area contributed by atoms with Crippen LogP contribution in [0.15, 0.2) is 12.1 Å². The molecule has 0 spiro atoms. The minimum atomic E-state index is -0.284. The van der Waals surface area contributed by atoms with E-state index in [1.165, 1.54) is 0 Å². The fourth-order valence-corrected chi connectivity index (χ4v) is 1.60. The molecule has 4 heteroatoms. The Morgan fingerprint density at radius 1 is 1.38 bits per heavy atom. The largest absolute Gasteiger partial charge is 0.396 e. The second-order valence-corrected chi connectivity index (χ2v) is 3.31. The molecular weight excluding hydrogens is 169 g/mol. The van der Waals surface area contributed by atoms with Crippen molar-refractivity contribution in [1.29, 1.82) is 0 Å². The summed E-state index contributed by atoms with van der Waals surface area (Å²) in [6, 6.07) is 3.45. The minimum Gasteiger partial charge on any atom is -0.396 e. The molecule has 0 radical (unpaired) electrons. The summed E-state index contributed by atoms with van der Waals surface area (Å²) in [5, 5.41) is 3.85. The van der Waals surface area contributed by atoms with E-state index in [9.17, 15) is 4.39 Å². The van der Waals surface area contributed by atoms with Crippen LogP contribution in [0, 0.1) is 5.82 Å². The van der Waals surface area contributed by atoms with E-state index in [0.717, 1.165) is 5.69 Å². The fourth-order valence-electron chi connectivity index (χ4n) is 1.60. The molecule has 0 atom stereocenters. The molecule has 1 heterocycles. The lowest BCUT2D eigenvalue weighted by molar-refractivity contribution is 0.342. The Labute approximate surface area is 76.5 Å². The number of hydrogen-bond acceptors (Lipinski definition) is 3. The van der Waals surface area contributed by atoms with Crippen molar-refractivity contribution in [1.82, 2.24) is 5.01 Å². The van der Waals surface area contributed by atoms with Crippen LogP contribution < -0.4 is 10.7 Å². The maximum atomic E-state index is 13.5. The second kappa shape index (κ2) is 2.60. The number of benzene rings is 1. The van der Waals surface area contributed by atoms with Gasteiger partial charge >= 0.3 is 0 Å². The fraction of sp³-hybridized carbons (Fsp3) is 0.333. The van der Waals surface area contributed by atoms with E-state index in [0.29, 0.717) is 12.1 Å². The Kier molecular flexibility index (Phi) is 1.66. The molecule has 0 unspecified atom stereocenters.